The quantitative estimate of drug-likeness (QED) is 0.350. The van der Waals surface area contributed by atoms with Gasteiger partial charge in [-0.05, 0) is 54.1 Å². The maximum Gasteiger partial charge on any atom is 0.256 e. The molecule has 4 aromatic rings. The third-order valence-electron chi connectivity index (χ3n) is 4.70. The fourth-order valence-corrected chi connectivity index (χ4v) is 3.52. The lowest BCUT2D eigenvalue weighted by atomic mass is 10.1. The predicted octanol–water partition coefficient (Wildman–Crippen LogP) is 6.21. The van der Waals surface area contributed by atoms with Gasteiger partial charge in [-0.15, -0.1) is 0 Å². The van der Waals surface area contributed by atoms with Crippen molar-refractivity contribution >= 4 is 34.9 Å². The highest BCUT2D eigenvalue weighted by Crippen LogP contribution is 2.25. The van der Waals surface area contributed by atoms with Gasteiger partial charge < -0.3 is 10.1 Å². The van der Waals surface area contributed by atoms with Gasteiger partial charge in [-0.1, -0.05) is 41.4 Å². The van der Waals surface area contributed by atoms with E-state index >= 15 is 0 Å². The minimum absolute atomic E-state index is 0.281. The van der Waals surface area contributed by atoms with E-state index in [9.17, 15) is 9.18 Å². The molecular weight excluding hydrogens is 452 g/mol. The van der Waals surface area contributed by atoms with Crippen molar-refractivity contribution in [3.05, 3.63) is 112 Å². The van der Waals surface area contributed by atoms with E-state index < -0.39 is 0 Å². The number of ether oxygens (including phenoxy) is 1. The summed E-state index contributed by atoms with van der Waals surface area (Å²) >= 11 is 12.4. The largest absolute Gasteiger partial charge is 0.489 e. The van der Waals surface area contributed by atoms with Crippen LogP contribution < -0.4 is 10.1 Å². The summed E-state index contributed by atoms with van der Waals surface area (Å²) in [4.78, 5) is 12.5. The number of carbonyl (C=O) groups excluding carboxylic acids is 1. The second-order valence-electron chi connectivity index (χ2n) is 6.99. The van der Waals surface area contributed by atoms with Crippen LogP contribution in [0.25, 0.3) is 0 Å². The van der Waals surface area contributed by atoms with Gasteiger partial charge >= 0.3 is 0 Å². The summed E-state index contributed by atoms with van der Waals surface area (Å²) in [6, 6.07) is 19.8. The summed E-state index contributed by atoms with van der Waals surface area (Å²) in [5.41, 5.74) is 2.13. The van der Waals surface area contributed by atoms with Gasteiger partial charge in [0.25, 0.3) is 5.91 Å². The molecule has 4 rings (SSSR count). The molecule has 5 nitrogen and oxygen atoms in total. The number of amides is 1. The number of hydrogen-bond donors (Lipinski definition) is 1. The second kappa shape index (κ2) is 9.85. The van der Waals surface area contributed by atoms with Crippen molar-refractivity contribution < 1.29 is 13.9 Å². The highest BCUT2D eigenvalue weighted by molar-refractivity contribution is 6.35. The van der Waals surface area contributed by atoms with E-state index in [1.54, 1.807) is 71.5 Å². The average molecular weight is 470 g/mol. The Hall–Kier alpha value is -3.35. The Balaban J connectivity index is 1.34. The van der Waals surface area contributed by atoms with Crippen molar-refractivity contribution in [3.63, 3.8) is 0 Å². The average Bonchev–Trinajstić information content (AvgIpc) is 3.23. The molecule has 0 spiro atoms. The third kappa shape index (κ3) is 5.46. The fraction of sp³-hybridized carbons (Fsp3) is 0.0833. The molecule has 0 fully saturated rings. The molecule has 0 aliphatic rings. The van der Waals surface area contributed by atoms with Crippen LogP contribution in [0.5, 0.6) is 5.75 Å². The molecule has 0 unspecified atom stereocenters. The number of halogens is 3. The maximum absolute atomic E-state index is 12.9. The van der Waals surface area contributed by atoms with Gasteiger partial charge in [-0.2, -0.15) is 5.10 Å². The van der Waals surface area contributed by atoms with Crippen LogP contribution >= 0.6 is 23.2 Å². The molecule has 0 aliphatic heterocycles. The van der Waals surface area contributed by atoms with Crippen molar-refractivity contribution in [2.45, 2.75) is 13.2 Å². The monoisotopic (exact) mass is 469 g/mol. The Morgan fingerprint density at radius 2 is 1.66 bits per heavy atom. The van der Waals surface area contributed by atoms with Crippen molar-refractivity contribution in [3.8, 4) is 5.75 Å². The predicted molar refractivity (Wildman–Crippen MR) is 123 cm³/mol. The standard InChI is InChI=1S/C24H18Cl2FN3O2/c25-21-2-1-3-22(26)20(21)14-30-13-12-23(29-30)28-24(31)17-6-4-16(5-7-17)15-32-19-10-8-18(27)9-11-19/h1-13H,14-15H2,(H,28,29,31). The summed E-state index contributed by atoms with van der Waals surface area (Å²) < 4.78 is 20.2. The molecule has 0 bridgehead atoms. The van der Waals surface area contributed by atoms with E-state index in [2.05, 4.69) is 10.4 Å². The topological polar surface area (TPSA) is 56.2 Å². The molecule has 32 heavy (non-hydrogen) atoms. The highest BCUT2D eigenvalue weighted by atomic mass is 35.5. The summed E-state index contributed by atoms with van der Waals surface area (Å²) in [7, 11) is 0. The lowest BCUT2D eigenvalue weighted by Crippen LogP contribution is -2.13. The molecule has 1 aromatic heterocycles. The van der Waals surface area contributed by atoms with Crippen LogP contribution in [0.15, 0.2) is 79.0 Å². The normalized spacial score (nSPS) is 10.7. The lowest BCUT2D eigenvalue weighted by Gasteiger charge is -2.08. The van der Waals surface area contributed by atoms with Crippen LogP contribution in [0.4, 0.5) is 10.2 Å². The summed E-state index contributed by atoms with van der Waals surface area (Å²) in [5.74, 6) is 0.394. The smallest absolute Gasteiger partial charge is 0.256 e. The number of rotatable bonds is 7. The van der Waals surface area contributed by atoms with Crippen LogP contribution in [0, 0.1) is 5.82 Å². The molecule has 1 heterocycles. The zero-order chi connectivity index (χ0) is 22.5. The van der Waals surface area contributed by atoms with E-state index in [0.717, 1.165) is 11.1 Å². The molecule has 3 aromatic carbocycles. The minimum Gasteiger partial charge on any atom is -0.489 e. The van der Waals surface area contributed by atoms with Gasteiger partial charge in [0, 0.05) is 33.4 Å². The van der Waals surface area contributed by atoms with Crippen LogP contribution in [0.3, 0.4) is 0 Å². The molecule has 0 atom stereocenters. The van der Waals surface area contributed by atoms with Gasteiger partial charge in [-0.3, -0.25) is 9.48 Å². The van der Waals surface area contributed by atoms with Crippen LogP contribution in [-0.2, 0) is 13.2 Å². The first-order valence-electron chi connectivity index (χ1n) is 9.73. The number of aromatic nitrogens is 2. The SMILES string of the molecule is O=C(Nc1ccn(Cc2c(Cl)cccc2Cl)n1)c1ccc(COc2ccc(F)cc2)cc1. The minimum atomic E-state index is -0.315. The molecule has 0 radical (unpaired) electrons. The summed E-state index contributed by atoms with van der Waals surface area (Å²) in [5, 5.41) is 8.25. The van der Waals surface area contributed by atoms with Crippen molar-refractivity contribution in [2.24, 2.45) is 0 Å². The Morgan fingerprint density at radius 3 is 2.34 bits per heavy atom. The third-order valence-corrected chi connectivity index (χ3v) is 5.41. The van der Waals surface area contributed by atoms with Gasteiger partial charge in [0.1, 0.15) is 18.2 Å². The van der Waals surface area contributed by atoms with Gasteiger partial charge in [-0.25, -0.2) is 4.39 Å². The molecule has 1 amide bonds. The molecule has 1 N–H and O–H groups in total. The van der Waals surface area contributed by atoms with Crippen molar-refractivity contribution in [1.29, 1.82) is 0 Å². The molecule has 0 saturated carbocycles. The first-order valence-corrected chi connectivity index (χ1v) is 10.5. The maximum atomic E-state index is 12.9. The molecule has 0 aliphatic carbocycles. The molecule has 8 heteroatoms. The fourth-order valence-electron chi connectivity index (χ4n) is 3.00. The Labute approximate surface area is 194 Å². The Morgan fingerprint density at radius 1 is 0.969 bits per heavy atom. The Bertz CT molecular complexity index is 1200. The zero-order valence-electron chi connectivity index (χ0n) is 16.8. The number of nitrogens with zero attached hydrogens (tertiary/aromatic N) is 2. The van der Waals surface area contributed by atoms with E-state index in [0.29, 0.717) is 40.3 Å². The number of hydrogen-bond acceptors (Lipinski definition) is 3. The van der Waals surface area contributed by atoms with Crippen LogP contribution in [0.2, 0.25) is 10.0 Å². The first kappa shape index (κ1) is 21.9. The van der Waals surface area contributed by atoms with Crippen molar-refractivity contribution in [2.75, 3.05) is 5.32 Å². The van der Waals surface area contributed by atoms with Crippen LogP contribution in [0.1, 0.15) is 21.5 Å². The van der Waals surface area contributed by atoms with Crippen LogP contribution in [-0.4, -0.2) is 15.7 Å². The van der Waals surface area contributed by atoms with Gasteiger partial charge in [0.15, 0.2) is 5.82 Å². The van der Waals surface area contributed by atoms with Gasteiger partial charge in [0.05, 0.1) is 6.54 Å². The van der Waals surface area contributed by atoms with Gasteiger partial charge in [0.2, 0.25) is 0 Å². The van der Waals surface area contributed by atoms with E-state index in [4.69, 9.17) is 27.9 Å². The van der Waals surface area contributed by atoms with Crippen molar-refractivity contribution in [1.82, 2.24) is 9.78 Å². The summed E-state index contributed by atoms with van der Waals surface area (Å²) in [6.45, 7) is 0.694. The number of carbonyl (C=O) groups is 1. The molecule has 162 valence electrons. The number of nitrogens with one attached hydrogen (secondary N) is 1. The highest BCUT2D eigenvalue weighted by Gasteiger charge is 2.11. The number of anilines is 1. The van der Waals surface area contributed by atoms with E-state index in [1.807, 2.05) is 0 Å². The zero-order valence-corrected chi connectivity index (χ0v) is 18.3. The Kier molecular flexibility index (Phi) is 6.73. The summed E-state index contributed by atoms with van der Waals surface area (Å²) in [6.07, 6.45) is 1.74. The molecular formula is C24H18Cl2FN3O2. The van der Waals surface area contributed by atoms with E-state index in [1.165, 1.54) is 12.1 Å². The number of benzene rings is 3. The molecule has 0 saturated heterocycles. The second-order valence-corrected chi connectivity index (χ2v) is 7.81. The van der Waals surface area contributed by atoms with E-state index in [-0.39, 0.29) is 11.7 Å². The lowest BCUT2D eigenvalue weighted by molar-refractivity contribution is 0.102. The first-order chi connectivity index (χ1) is 15.5.